The van der Waals surface area contributed by atoms with Gasteiger partial charge in [0.15, 0.2) is 0 Å². The molecule has 4 rings (SSSR count). The maximum Gasteiger partial charge on any atom is 0.131 e. The summed E-state index contributed by atoms with van der Waals surface area (Å²) >= 11 is 0. The van der Waals surface area contributed by atoms with Crippen LogP contribution in [0.2, 0.25) is 0 Å². The summed E-state index contributed by atoms with van der Waals surface area (Å²) in [6.07, 6.45) is 28.7. The summed E-state index contributed by atoms with van der Waals surface area (Å²) in [6, 6.07) is 0. The maximum absolute atomic E-state index is 4.69. The molecule has 0 aliphatic heterocycles. The fourth-order valence-corrected chi connectivity index (χ4v) is 7.33. The lowest BCUT2D eigenvalue weighted by Crippen LogP contribution is -2.29. The van der Waals surface area contributed by atoms with E-state index in [0.29, 0.717) is 5.92 Å². The molecule has 174 valence electrons. The van der Waals surface area contributed by atoms with Crippen LogP contribution in [0.5, 0.6) is 0 Å². The molecule has 0 N–H and O–H groups in total. The van der Waals surface area contributed by atoms with Crippen LogP contribution >= 0.6 is 0 Å². The van der Waals surface area contributed by atoms with Crippen molar-refractivity contribution in [1.29, 1.82) is 0 Å². The molecule has 0 amide bonds. The van der Waals surface area contributed by atoms with Gasteiger partial charge in [-0.1, -0.05) is 52.4 Å². The van der Waals surface area contributed by atoms with Crippen molar-refractivity contribution in [3.63, 3.8) is 0 Å². The molecule has 2 nitrogen and oxygen atoms in total. The Morgan fingerprint density at radius 3 is 1.61 bits per heavy atom. The first kappa shape index (κ1) is 23.2. The van der Waals surface area contributed by atoms with Crippen molar-refractivity contribution < 1.29 is 0 Å². The Balaban J connectivity index is 1.15. The lowest BCUT2D eigenvalue weighted by molar-refractivity contribution is 0.108. The molecule has 0 bridgehead atoms. The third kappa shape index (κ3) is 6.32. The minimum atomic E-state index is 0.617. The van der Waals surface area contributed by atoms with Gasteiger partial charge in [0.2, 0.25) is 0 Å². The van der Waals surface area contributed by atoms with Crippen LogP contribution in [0.3, 0.4) is 0 Å². The Morgan fingerprint density at radius 2 is 1.13 bits per heavy atom. The largest absolute Gasteiger partial charge is 0.241 e. The first-order valence-electron chi connectivity index (χ1n) is 14.1. The monoisotopic (exact) mass is 424 g/mol. The topological polar surface area (TPSA) is 25.8 Å². The van der Waals surface area contributed by atoms with Crippen molar-refractivity contribution >= 4 is 0 Å². The number of aryl methyl sites for hydroxylation is 1. The normalized spacial score (nSPS) is 34.5. The molecule has 31 heavy (non-hydrogen) atoms. The van der Waals surface area contributed by atoms with E-state index in [-0.39, 0.29) is 0 Å². The summed E-state index contributed by atoms with van der Waals surface area (Å²) in [6.45, 7) is 4.51. The Labute approximate surface area is 192 Å². The van der Waals surface area contributed by atoms with Gasteiger partial charge < -0.3 is 0 Å². The fourth-order valence-electron chi connectivity index (χ4n) is 7.33. The second kappa shape index (κ2) is 11.8. The molecular formula is C29H48N2. The number of nitrogens with zero attached hydrogens (tertiary/aromatic N) is 2. The van der Waals surface area contributed by atoms with Crippen molar-refractivity contribution in [2.45, 2.75) is 129 Å². The van der Waals surface area contributed by atoms with Crippen molar-refractivity contribution in [2.24, 2.45) is 29.6 Å². The summed E-state index contributed by atoms with van der Waals surface area (Å²) < 4.78 is 0. The number of unbranched alkanes of at least 4 members (excludes halogenated alkanes) is 2. The van der Waals surface area contributed by atoms with Crippen molar-refractivity contribution in [2.75, 3.05) is 0 Å². The fraction of sp³-hybridized carbons (Fsp3) is 0.862. The molecule has 3 fully saturated rings. The predicted octanol–water partition coefficient (Wildman–Crippen LogP) is 8.51. The molecule has 0 atom stereocenters. The van der Waals surface area contributed by atoms with E-state index in [1.165, 1.54) is 82.6 Å². The van der Waals surface area contributed by atoms with Crippen LogP contribution in [0.25, 0.3) is 0 Å². The van der Waals surface area contributed by atoms with Crippen molar-refractivity contribution in [1.82, 2.24) is 9.97 Å². The molecule has 0 spiro atoms. The standard InChI is InChI=1S/C29H48N2/c1-3-5-6-7-23-8-10-24(11-9-23)25-12-14-26(15-13-25)27-16-18-28(19-17-27)29-30-20-22(4-2)21-31-29/h20-21,23-28H,3-19H2,1-2H3/t23-,24-,25-,26-,27-,28-. The number of rotatable bonds is 8. The van der Waals surface area contributed by atoms with Gasteiger partial charge in [0.05, 0.1) is 0 Å². The highest BCUT2D eigenvalue weighted by Crippen LogP contribution is 2.47. The Hall–Kier alpha value is -0.920. The van der Waals surface area contributed by atoms with Crippen LogP contribution in [0.15, 0.2) is 12.4 Å². The van der Waals surface area contributed by atoms with E-state index in [4.69, 9.17) is 0 Å². The molecule has 3 saturated carbocycles. The number of hydrogen-bond acceptors (Lipinski definition) is 2. The van der Waals surface area contributed by atoms with Crippen LogP contribution in [0.1, 0.15) is 134 Å². The van der Waals surface area contributed by atoms with Crippen molar-refractivity contribution in [3.8, 4) is 0 Å². The lowest BCUT2D eigenvalue weighted by Gasteiger charge is -2.41. The third-order valence-electron chi connectivity index (χ3n) is 9.53. The molecule has 0 aromatic carbocycles. The highest BCUT2D eigenvalue weighted by Gasteiger charge is 2.35. The van der Waals surface area contributed by atoms with E-state index >= 15 is 0 Å². The van der Waals surface area contributed by atoms with Crippen LogP contribution in [0.4, 0.5) is 0 Å². The summed E-state index contributed by atoms with van der Waals surface area (Å²) in [7, 11) is 0. The summed E-state index contributed by atoms with van der Waals surface area (Å²) in [5, 5.41) is 0. The minimum absolute atomic E-state index is 0.617. The number of hydrogen-bond donors (Lipinski definition) is 0. The predicted molar refractivity (Wildman–Crippen MR) is 131 cm³/mol. The zero-order valence-corrected chi connectivity index (χ0v) is 20.5. The molecule has 1 heterocycles. The first-order chi connectivity index (χ1) is 15.3. The molecule has 3 aliphatic rings. The average Bonchev–Trinajstić information content (AvgIpc) is 2.85. The lowest BCUT2D eigenvalue weighted by atomic mass is 9.65. The summed E-state index contributed by atoms with van der Waals surface area (Å²) in [4.78, 5) is 9.37. The molecule has 1 aromatic rings. The van der Waals surface area contributed by atoms with Gasteiger partial charge in [-0.25, -0.2) is 9.97 Å². The highest BCUT2D eigenvalue weighted by atomic mass is 14.9. The summed E-state index contributed by atoms with van der Waals surface area (Å²) in [5.41, 5.74) is 1.26. The van der Waals surface area contributed by atoms with Gasteiger partial charge in [0.25, 0.3) is 0 Å². The molecule has 3 aliphatic carbocycles. The van der Waals surface area contributed by atoms with E-state index in [2.05, 4.69) is 23.8 Å². The van der Waals surface area contributed by atoms with Crippen LogP contribution < -0.4 is 0 Å². The number of aromatic nitrogens is 2. The van der Waals surface area contributed by atoms with Gasteiger partial charge in [-0.05, 0) is 106 Å². The second-order valence-corrected chi connectivity index (χ2v) is 11.4. The molecule has 0 saturated heterocycles. The molecule has 0 radical (unpaired) electrons. The summed E-state index contributed by atoms with van der Waals surface area (Å²) in [5.74, 6) is 6.94. The second-order valence-electron chi connectivity index (χ2n) is 11.4. The maximum atomic E-state index is 4.69. The van der Waals surface area contributed by atoms with E-state index in [1.807, 2.05) is 12.4 Å². The zero-order valence-electron chi connectivity index (χ0n) is 20.5. The van der Waals surface area contributed by atoms with Gasteiger partial charge >= 0.3 is 0 Å². The quantitative estimate of drug-likeness (QED) is 0.391. The molecular weight excluding hydrogens is 376 g/mol. The van der Waals surface area contributed by atoms with Crippen LogP contribution in [-0.4, -0.2) is 9.97 Å². The van der Waals surface area contributed by atoms with Crippen LogP contribution in [0, 0.1) is 29.6 Å². The Morgan fingerprint density at radius 1 is 0.645 bits per heavy atom. The smallest absolute Gasteiger partial charge is 0.131 e. The zero-order chi connectivity index (χ0) is 21.5. The van der Waals surface area contributed by atoms with Crippen molar-refractivity contribution in [3.05, 3.63) is 23.8 Å². The third-order valence-corrected chi connectivity index (χ3v) is 9.53. The Bertz CT molecular complexity index is 615. The molecule has 2 heteroatoms. The minimum Gasteiger partial charge on any atom is -0.241 e. The van der Waals surface area contributed by atoms with Gasteiger partial charge in [-0.3, -0.25) is 0 Å². The first-order valence-corrected chi connectivity index (χ1v) is 14.1. The van der Waals surface area contributed by atoms with Gasteiger partial charge in [0.1, 0.15) is 5.82 Å². The average molecular weight is 425 g/mol. The van der Waals surface area contributed by atoms with Gasteiger partial charge in [0, 0.05) is 18.3 Å². The molecule has 1 aromatic heterocycles. The SMILES string of the molecule is CCCCC[C@H]1CC[C@H]([C@H]2CC[C@H]([C@H]3CC[C@H](c4ncc(CC)cn4)CC3)CC2)CC1. The molecule has 0 unspecified atom stereocenters. The Kier molecular flexibility index (Phi) is 8.85. The van der Waals surface area contributed by atoms with E-state index in [9.17, 15) is 0 Å². The highest BCUT2D eigenvalue weighted by molar-refractivity contribution is 5.08. The van der Waals surface area contributed by atoms with E-state index in [1.54, 1.807) is 25.7 Å². The van der Waals surface area contributed by atoms with Gasteiger partial charge in [-0.2, -0.15) is 0 Å². The van der Waals surface area contributed by atoms with E-state index in [0.717, 1.165) is 41.8 Å². The van der Waals surface area contributed by atoms with E-state index < -0.39 is 0 Å². The van der Waals surface area contributed by atoms with Crippen LogP contribution in [-0.2, 0) is 6.42 Å². The van der Waals surface area contributed by atoms with Gasteiger partial charge in [-0.15, -0.1) is 0 Å².